The minimum absolute atomic E-state index is 0.190. The minimum Gasteiger partial charge on any atom is -0.463 e. The van der Waals surface area contributed by atoms with Crippen molar-refractivity contribution in [2.24, 2.45) is 0 Å². The van der Waals surface area contributed by atoms with Crippen molar-refractivity contribution < 1.29 is 14.5 Å². The fraction of sp³-hybridized carbons (Fsp3) is 0.182. The topological polar surface area (TPSA) is 69.4 Å². The van der Waals surface area contributed by atoms with Gasteiger partial charge in [-0.05, 0) is 19.1 Å². The van der Waals surface area contributed by atoms with Crippen LogP contribution in [0, 0.1) is 10.1 Å². The third-order valence-electron chi connectivity index (χ3n) is 1.81. The summed E-state index contributed by atoms with van der Waals surface area (Å²) >= 11 is 0. The molecule has 0 fully saturated rings. The Bertz CT molecular complexity index is 411. The van der Waals surface area contributed by atoms with Gasteiger partial charge in [0.1, 0.15) is 6.08 Å². The van der Waals surface area contributed by atoms with Gasteiger partial charge >= 0.3 is 5.97 Å². The Hall–Kier alpha value is -2.17. The van der Waals surface area contributed by atoms with Crippen LogP contribution in [0.25, 0.3) is 5.70 Å². The molecule has 5 nitrogen and oxygen atoms in total. The smallest absolute Gasteiger partial charge is 0.337 e. The van der Waals surface area contributed by atoms with E-state index < -0.39 is 10.9 Å². The van der Waals surface area contributed by atoms with E-state index in [2.05, 4.69) is 4.74 Å². The van der Waals surface area contributed by atoms with Crippen LogP contribution in [0.1, 0.15) is 12.5 Å². The standard InChI is InChI=1S/C11H11NO4/c1-2-16-11(13)8-10(12(14)15)9-6-4-3-5-7-9/h3-8H,2H2,1H3/b10-8+. The maximum absolute atomic E-state index is 11.1. The normalized spacial score (nSPS) is 10.9. The number of carbonyl (C=O) groups excluding carboxylic acids is 1. The predicted octanol–water partition coefficient (Wildman–Crippen LogP) is 1.87. The molecule has 0 aliphatic carbocycles. The van der Waals surface area contributed by atoms with Crippen LogP contribution in [0.15, 0.2) is 36.4 Å². The lowest BCUT2D eigenvalue weighted by molar-refractivity contribution is -0.375. The SMILES string of the molecule is CCOC(=O)/C=C(\c1ccccc1)[N+](=O)[O-]. The first-order valence-corrected chi connectivity index (χ1v) is 4.73. The van der Waals surface area contributed by atoms with Crippen molar-refractivity contribution in [3.05, 3.63) is 52.1 Å². The number of nitro groups is 1. The summed E-state index contributed by atoms with van der Waals surface area (Å²) in [4.78, 5) is 21.3. The molecule has 16 heavy (non-hydrogen) atoms. The summed E-state index contributed by atoms with van der Waals surface area (Å²) < 4.78 is 4.62. The van der Waals surface area contributed by atoms with E-state index >= 15 is 0 Å². The van der Waals surface area contributed by atoms with E-state index in [0.717, 1.165) is 6.08 Å². The highest BCUT2D eigenvalue weighted by atomic mass is 16.6. The predicted molar refractivity (Wildman–Crippen MR) is 58.0 cm³/mol. The van der Waals surface area contributed by atoms with E-state index in [4.69, 9.17) is 0 Å². The Morgan fingerprint density at radius 1 is 1.44 bits per heavy atom. The summed E-state index contributed by atoms with van der Waals surface area (Å²) in [7, 11) is 0. The first-order chi connectivity index (χ1) is 7.65. The molecular formula is C11H11NO4. The highest BCUT2D eigenvalue weighted by Crippen LogP contribution is 2.14. The number of carbonyl (C=O) groups is 1. The van der Waals surface area contributed by atoms with Crippen molar-refractivity contribution in [3.63, 3.8) is 0 Å². The van der Waals surface area contributed by atoms with Crippen LogP contribution in [0.3, 0.4) is 0 Å². The zero-order chi connectivity index (χ0) is 12.0. The fourth-order valence-corrected chi connectivity index (χ4v) is 1.15. The van der Waals surface area contributed by atoms with Gasteiger partial charge in [-0.15, -0.1) is 0 Å². The van der Waals surface area contributed by atoms with Gasteiger partial charge in [-0.2, -0.15) is 0 Å². The van der Waals surface area contributed by atoms with Crippen molar-refractivity contribution in [1.82, 2.24) is 0 Å². The molecule has 1 rings (SSSR count). The first kappa shape index (κ1) is 11.9. The summed E-state index contributed by atoms with van der Waals surface area (Å²) in [6, 6.07) is 8.20. The second kappa shape index (κ2) is 5.65. The molecule has 0 N–H and O–H groups in total. The number of esters is 1. The highest BCUT2D eigenvalue weighted by molar-refractivity contribution is 5.89. The van der Waals surface area contributed by atoms with Crippen LogP contribution >= 0.6 is 0 Å². The number of rotatable bonds is 4. The number of hydrogen-bond acceptors (Lipinski definition) is 4. The number of hydrogen-bond donors (Lipinski definition) is 0. The highest BCUT2D eigenvalue weighted by Gasteiger charge is 2.16. The quantitative estimate of drug-likeness (QED) is 0.337. The Morgan fingerprint density at radius 2 is 2.06 bits per heavy atom. The summed E-state index contributed by atoms with van der Waals surface area (Å²) in [6.45, 7) is 1.83. The molecule has 0 radical (unpaired) electrons. The first-order valence-electron chi connectivity index (χ1n) is 4.73. The molecule has 0 spiro atoms. The Labute approximate surface area is 92.5 Å². The maximum atomic E-state index is 11.1. The molecule has 84 valence electrons. The summed E-state index contributed by atoms with van der Waals surface area (Å²) in [5.74, 6) is -0.710. The second-order valence-corrected chi connectivity index (χ2v) is 2.90. The second-order valence-electron chi connectivity index (χ2n) is 2.90. The van der Waals surface area contributed by atoms with Gasteiger partial charge in [-0.3, -0.25) is 10.1 Å². The molecule has 0 aliphatic rings. The molecule has 0 bridgehead atoms. The zero-order valence-electron chi connectivity index (χ0n) is 8.75. The van der Waals surface area contributed by atoms with Crippen molar-refractivity contribution in [3.8, 4) is 0 Å². The molecule has 0 atom stereocenters. The third-order valence-corrected chi connectivity index (χ3v) is 1.81. The van der Waals surface area contributed by atoms with E-state index in [-0.39, 0.29) is 12.3 Å². The van der Waals surface area contributed by atoms with E-state index in [9.17, 15) is 14.9 Å². The Morgan fingerprint density at radius 3 is 2.56 bits per heavy atom. The van der Waals surface area contributed by atoms with Gasteiger partial charge in [0.25, 0.3) is 5.70 Å². The third kappa shape index (κ3) is 3.20. The largest absolute Gasteiger partial charge is 0.463 e. The van der Waals surface area contributed by atoms with Gasteiger partial charge in [-0.1, -0.05) is 18.2 Å². The van der Waals surface area contributed by atoms with Crippen LogP contribution in [-0.4, -0.2) is 17.5 Å². The lowest BCUT2D eigenvalue weighted by atomic mass is 10.1. The Kier molecular flexibility index (Phi) is 4.20. The van der Waals surface area contributed by atoms with Crippen molar-refractivity contribution in [1.29, 1.82) is 0 Å². The summed E-state index contributed by atoms with van der Waals surface area (Å²) in [5, 5.41) is 10.8. The van der Waals surface area contributed by atoms with Crippen LogP contribution in [-0.2, 0) is 9.53 Å². The van der Waals surface area contributed by atoms with Crippen molar-refractivity contribution in [2.75, 3.05) is 6.61 Å². The van der Waals surface area contributed by atoms with Crippen LogP contribution in [0.2, 0.25) is 0 Å². The monoisotopic (exact) mass is 221 g/mol. The van der Waals surface area contributed by atoms with Gasteiger partial charge in [-0.25, -0.2) is 4.79 Å². The molecule has 1 aromatic rings. The van der Waals surface area contributed by atoms with Gasteiger partial charge < -0.3 is 4.74 Å². The van der Waals surface area contributed by atoms with Crippen LogP contribution in [0.5, 0.6) is 0 Å². The lowest BCUT2D eigenvalue weighted by Crippen LogP contribution is -2.05. The molecular weight excluding hydrogens is 210 g/mol. The number of nitrogens with zero attached hydrogens (tertiary/aromatic N) is 1. The average molecular weight is 221 g/mol. The van der Waals surface area contributed by atoms with Gasteiger partial charge in [0.2, 0.25) is 0 Å². The van der Waals surface area contributed by atoms with E-state index in [1.165, 1.54) is 0 Å². The molecule has 0 saturated heterocycles. The summed E-state index contributed by atoms with van der Waals surface area (Å²) in [5.41, 5.74) is 0.111. The van der Waals surface area contributed by atoms with E-state index in [0.29, 0.717) is 5.56 Å². The number of benzene rings is 1. The molecule has 1 aromatic carbocycles. The fourth-order valence-electron chi connectivity index (χ4n) is 1.15. The van der Waals surface area contributed by atoms with E-state index in [1.807, 2.05) is 0 Å². The van der Waals surface area contributed by atoms with E-state index in [1.54, 1.807) is 37.3 Å². The molecule has 0 saturated carbocycles. The zero-order valence-corrected chi connectivity index (χ0v) is 8.75. The van der Waals surface area contributed by atoms with Gasteiger partial charge in [0.15, 0.2) is 0 Å². The molecule has 0 aliphatic heterocycles. The van der Waals surface area contributed by atoms with Crippen LogP contribution in [0.4, 0.5) is 0 Å². The molecule has 5 heteroatoms. The molecule has 0 unspecified atom stereocenters. The summed E-state index contributed by atoms with van der Waals surface area (Å²) in [6.07, 6.45) is 0.888. The average Bonchev–Trinajstić information content (AvgIpc) is 2.27. The maximum Gasteiger partial charge on any atom is 0.337 e. The van der Waals surface area contributed by atoms with Gasteiger partial charge in [0, 0.05) is 0 Å². The minimum atomic E-state index is -0.710. The van der Waals surface area contributed by atoms with Crippen LogP contribution < -0.4 is 0 Å². The van der Waals surface area contributed by atoms with Crippen molar-refractivity contribution in [2.45, 2.75) is 6.92 Å². The molecule has 0 amide bonds. The molecule has 0 aromatic heterocycles. The van der Waals surface area contributed by atoms with Crippen molar-refractivity contribution >= 4 is 11.7 Å². The molecule has 0 heterocycles. The Balaban J connectivity index is 3.01. The lowest BCUT2D eigenvalue weighted by Gasteiger charge is -1.99. The van der Waals surface area contributed by atoms with Gasteiger partial charge in [0.05, 0.1) is 17.1 Å². The number of ether oxygens (including phenoxy) is 1.